The number of aliphatic carboxylic acids is 1. The number of carboxylic acid groups (broad SMARTS) is 1. The third kappa shape index (κ3) is 4.09. The number of aliphatic hydroxyl groups is 1. The molecule has 0 aliphatic carbocycles. The standard InChI is InChI=1S/C9H10O5.Na/c10-6-2-1-5(3-7(6)11)4-8(12)9(13)14;/h1-3,8,10-12H,4H2,(H,13,14);. The first-order valence-corrected chi connectivity index (χ1v) is 3.92. The zero-order valence-electron chi connectivity index (χ0n) is 8.21. The van der Waals surface area contributed by atoms with E-state index in [4.69, 9.17) is 20.4 Å². The summed E-state index contributed by atoms with van der Waals surface area (Å²) in [6.45, 7) is 0. The second kappa shape index (κ2) is 5.97. The SMILES string of the molecule is O=C(O)C(O)Cc1ccc(O)c(O)c1.[Na]. The maximum absolute atomic E-state index is 10.3. The van der Waals surface area contributed by atoms with Crippen molar-refractivity contribution in [3.63, 3.8) is 0 Å². The van der Waals surface area contributed by atoms with Crippen LogP contribution in [0.4, 0.5) is 0 Å². The van der Waals surface area contributed by atoms with Crippen molar-refractivity contribution in [3.05, 3.63) is 23.8 Å². The zero-order chi connectivity index (χ0) is 10.7. The fourth-order valence-corrected chi connectivity index (χ4v) is 1.01. The first kappa shape index (κ1) is 14.2. The van der Waals surface area contributed by atoms with Gasteiger partial charge >= 0.3 is 5.97 Å². The number of carbonyl (C=O) groups is 1. The molecule has 6 heteroatoms. The van der Waals surface area contributed by atoms with Gasteiger partial charge in [-0.15, -0.1) is 0 Å². The molecule has 0 amide bonds. The monoisotopic (exact) mass is 221 g/mol. The average molecular weight is 221 g/mol. The molecule has 0 bridgehead atoms. The summed E-state index contributed by atoms with van der Waals surface area (Å²) in [4.78, 5) is 10.3. The molecule has 0 saturated carbocycles. The predicted octanol–water partition coefficient (Wildman–Crippen LogP) is -0.295. The maximum Gasteiger partial charge on any atom is 0.332 e. The van der Waals surface area contributed by atoms with E-state index in [1.54, 1.807) is 0 Å². The van der Waals surface area contributed by atoms with Gasteiger partial charge in [0.05, 0.1) is 0 Å². The Balaban J connectivity index is 0.00000196. The number of rotatable bonds is 3. The Kier molecular flexibility index (Phi) is 5.67. The van der Waals surface area contributed by atoms with Crippen molar-refractivity contribution < 1.29 is 25.2 Å². The molecule has 0 aromatic heterocycles. The van der Waals surface area contributed by atoms with E-state index in [1.165, 1.54) is 18.2 Å². The van der Waals surface area contributed by atoms with Crippen LogP contribution in [-0.4, -0.2) is 62.1 Å². The molecule has 0 spiro atoms. The van der Waals surface area contributed by atoms with Crippen LogP contribution in [0.15, 0.2) is 18.2 Å². The molecule has 4 N–H and O–H groups in total. The van der Waals surface area contributed by atoms with Gasteiger partial charge in [0.2, 0.25) is 0 Å². The Morgan fingerprint density at radius 1 is 1.27 bits per heavy atom. The molecule has 0 aliphatic heterocycles. The molecule has 1 atom stereocenters. The minimum Gasteiger partial charge on any atom is -0.504 e. The van der Waals surface area contributed by atoms with E-state index in [2.05, 4.69) is 0 Å². The molecule has 1 rings (SSSR count). The maximum atomic E-state index is 10.3. The van der Waals surface area contributed by atoms with Gasteiger partial charge in [-0.05, 0) is 17.7 Å². The predicted molar refractivity (Wildman–Crippen MR) is 52.9 cm³/mol. The van der Waals surface area contributed by atoms with Crippen LogP contribution in [0.5, 0.6) is 11.5 Å². The number of hydrogen-bond acceptors (Lipinski definition) is 4. The van der Waals surface area contributed by atoms with Crippen LogP contribution < -0.4 is 0 Å². The van der Waals surface area contributed by atoms with Gasteiger partial charge in [-0.25, -0.2) is 4.79 Å². The Morgan fingerprint density at radius 3 is 2.33 bits per heavy atom. The molecule has 77 valence electrons. The summed E-state index contributed by atoms with van der Waals surface area (Å²) in [7, 11) is 0. The average Bonchev–Trinajstić information content (AvgIpc) is 2.11. The molecule has 0 saturated heterocycles. The molecule has 0 fully saturated rings. The molecule has 0 heterocycles. The van der Waals surface area contributed by atoms with E-state index < -0.39 is 12.1 Å². The van der Waals surface area contributed by atoms with Gasteiger partial charge in [-0.3, -0.25) is 0 Å². The van der Waals surface area contributed by atoms with Crippen molar-refractivity contribution in [2.45, 2.75) is 12.5 Å². The van der Waals surface area contributed by atoms with Crippen molar-refractivity contribution in [3.8, 4) is 11.5 Å². The number of hydrogen-bond donors (Lipinski definition) is 4. The van der Waals surface area contributed by atoms with Crippen molar-refractivity contribution in [1.29, 1.82) is 0 Å². The van der Waals surface area contributed by atoms with Crippen LogP contribution in [0.25, 0.3) is 0 Å². The first-order chi connectivity index (χ1) is 6.50. The van der Waals surface area contributed by atoms with Gasteiger partial charge in [0, 0.05) is 36.0 Å². The van der Waals surface area contributed by atoms with Crippen LogP contribution in [-0.2, 0) is 11.2 Å². The van der Waals surface area contributed by atoms with Crippen LogP contribution in [0.2, 0.25) is 0 Å². The number of carboxylic acids is 1. The van der Waals surface area contributed by atoms with E-state index >= 15 is 0 Å². The van der Waals surface area contributed by atoms with Gasteiger partial charge in [0.1, 0.15) is 0 Å². The van der Waals surface area contributed by atoms with Crippen molar-refractivity contribution >= 4 is 35.5 Å². The van der Waals surface area contributed by atoms with E-state index in [1.807, 2.05) is 0 Å². The molecule has 1 aromatic carbocycles. The minimum absolute atomic E-state index is 0. The molecule has 15 heavy (non-hydrogen) atoms. The minimum atomic E-state index is -1.50. The topological polar surface area (TPSA) is 98.0 Å². The summed E-state index contributed by atoms with van der Waals surface area (Å²) in [6.07, 6.45) is -1.61. The van der Waals surface area contributed by atoms with E-state index in [9.17, 15) is 4.79 Å². The van der Waals surface area contributed by atoms with Gasteiger partial charge in [0.15, 0.2) is 17.6 Å². The van der Waals surface area contributed by atoms with Gasteiger partial charge < -0.3 is 20.4 Å². The fourth-order valence-electron chi connectivity index (χ4n) is 1.01. The number of aliphatic hydroxyl groups excluding tert-OH is 1. The van der Waals surface area contributed by atoms with Gasteiger partial charge in [-0.2, -0.15) is 0 Å². The Morgan fingerprint density at radius 2 is 1.87 bits per heavy atom. The number of phenols is 2. The number of aromatic hydroxyl groups is 2. The third-order valence-corrected chi connectivity index (χ3v) is 1.75. The summed E-state index contributed by atoms with van der Waals surface area (Å²) in [5.41, 5.74) is 0.440. The van der Waals surface area contributed by atoms with Crippen molar-refractivity contribution in [2.75, 3.05) is 0 Å². The van der Waals surface area contributed by atoms with Crippen LogP contribution in [0.1, 0.15) is 5.56 Å². The quantitative estimate of drug-likeness (QED) is 0.415. The van der Waals surface area contributed by atoms with E-state index in [0.717, 1.165) is 0 Å². The van der Waals surface area contributed by atoms with E-state index in [0.29, 0.717) is 5.56 Å². The number of phenolic OH excluding ortho intramolecular Hbond substituents is 2. The third-order valence-electron chi connectivity index (χ3n) is 1.75. The van der Waals surface area contributed by atoms with E-state index in [-0.39, 0.29) is 47.5 Å². The molecular weight excluding hydrogens is 211 g/mol. The molecule has 1 unspecified atom stereocenters. The molecule has 1 aromatic rings. The molecular formula is C9H10NaO5. The summed E-state index contributed by atoms with van der Waals surface area (Å²) in [5, 5.41) is 35.4. The normalized spacial score (nSPS) is 11.5. The van der Waals surface area contributed by atoms with Crippen LogP contribution in [0.3, 0.4) is 0 Å². The second-order valence-electron chi connectivity index (χ2n) is 2.88. The smallest absolute Gasteiger partial charge is 0.332 e. The number of benzene rings is 1. The Hall–Kier alpha value is -0.750. The van der Waals surface area contributed by atoms with Crippen LogP contribution in [0, 0.1) is 0 Å². The summed E-state index contributed by atoms with van der Waals surface area (Å²) in [5.74, 6) is -1.93. The molecule has 0 aliphatic rings. The van der Waals surface area contributed by atoms with Gasteiger partial charge in [-0.1, -0.05) is 6.07 Å². The van der Waals surface area contributed by atoms with Gasteiger partial charge in [0.25, 0.3) is 0 Å². The Bertz CT molecular complexity index is 352. The van der Waals surface area contributed by atoms with Crippen molar-refractivity contribution in [1.82, 2.24) is 0 Å². The summed E-state index contributed by atoms with van der Waals surface area (Å²) in [6, 6.07) is 3.88. The Labute approximate surface area is 108 Å². The second-order valence-corrected chi connectivity index (χ2v) is 2.88. The van der Waals surface area contributed by atoms with Crippen LogP contribution >= 0.6 is 0 Å². The summed E-state index contributed by atoms with van der Waals surface area (Å²) < 4.78 is 0. The fraction of sp³-hybridized carbons (Fsp3) is 0.222. The van der Waals surface area contributed by atoms with Crippen molar-refractivity contribution in [2.24, 2.45) is 0 Å². The molecule has 1 radical (unpaired) electrons. The zero-order valence-corrected chi connectivity index (χ0v) is 10.2. The summed E-state index contributed by atoms with van der Waals surface area (Å²) >= 11 is 0. The first-order valence-electron chi connectivity index (χ1n) is 3.92. The molecule has 5 nitrogen and oxygen atoms in total. The largest absolute Gasteiger partial charge is 0.504 e.